The van der Waals surface area contributed by atoms with E-state index in [1.165, 1.54) is 13.2 Å². The van der Waals surface area contributed by atoms with Gasteiger partial charge in [0.15, 0.2) is 0 Å². The third-order valence-electron chi connectivity index (χ3n) is 5.88. The molecule has 0 spiro atoms. The first-order valence-electron chi connectivity index (χ1n) is 10.1. The summed E-state index contributed by atoms with van der Waals surface area (Å²) in [6, 6.07) is 3.20. The number of aldehydes is 1. The summed E-state index contributed by atoms with van der Waals surface area (Å²) in [5.74, 6) is -0.676. The Morgan fingerprint density at radius 2 is 1.97 bits per heavy atom. The van der Waals surface area contributed by atoms with Crippen LogP contribution in [-0.4, -0.2) is 47.6 Å². The fourth-order valence-corrected chi connectivity index (χ4v) is 4.16. The summed E-state index contributed by atoms with van der Waals surface area (Å²) in [5, 5.41) is 5.20. The van der Waals surface area contributed by atoms with Crippen LogP contribution in [0.5, 0.6) is 5.75 Å². The fourth-order valence-electron chi connectivity index (χ4n) is 4.16. The van der Waals surface area contributed by atoms with Crippen LogP contribution in [0.15, 0.2) is 35.1 Å². The van der Waals surface area contributed by atoms with E-state index in [2.05, 4.69) is 10.1 Å². The van der Waals surface area contributed by atoms with Crippen LogP contribution in [0.4, 0.5) is 18.9 Å². The van der Waals surface area contributed by atoms with Crippen molar-refractivity contribution in [3.63, 3.8) is 0 Å². The largest absolute Gasteiger partial charge is 0.494 e. The molecule has 0 radical (unpaired) electrons. The maximum Gasteiger partial charge on any atom is 0.429 e. The molecule has 170 valence electrons. The highest BCUT2D eigenvalue weighted by Gasteiger charge is 2.45. The molecule has 1 fully saturated rings. The number of nitrogens with zero attached hydrogens (tertiary/aromatic N) is 4. The predicted molar refractivity (Wildman–Crippen MR) is 111 cm³/mol. The van der Waals surface area contributed by atoms with E-state index in [0.717, 1.165) is 49.3 Å². The van der Waals surface area contributed by atoms with Gasteiger partial charge in [-0.2, -0.15) is 18.3 Å². The summed E-state index contributed by atoms with van der Waals surface area (Å²) in [7, 11) is 1.34. The number of rotatable bonds is 5. The Labute approximate surface area is 181 Å². The molecular weight excluding hydrogens is 427 g/mol. The second-order valence-electron chi connectivity index (χ2n) is 7.95. The predicted octanol–water partition coefficient (Wildman–Crippen LogP) is 3.12. The molecule has 1 saturated carbocycles. The van der Waals surface area contributed by atoms with Crippen LogP contribution >= 0.6 is 0 Å². The van der Waals surface area contributed by atoms with Gasteiger partial charge in [-0.15, -0.1) is 0 Å². The van der Waals surface area contributed by atoms with Crippen LogP contribution in [0.2, 0.25) is 0 Å². The molecule has 1 aromatic carbocycles. The molecule has 1 aromatic heterocycles. The molecule has 1 amide bonds. The van der Waals surface area contributed by atoms with Crippen molar-refractivity contribution in [2.75, 3.05) is 12.0 Å². The van der Waals surface area contributed by atoms with Crippen molar-refractivity contribution < 1.29 is 27.5 Å². The first-order valence-corrected chi connectivity index (χ1v) is 10.1. The molecule has 1 atom stereocenters. The minimum absolute atomic E-state index is 0.0631. The molecular formula is C21H22F3N5O3. The van der Waals surface area contributed by atoms with E-state index in [-0.39, 0.29) is 29.0 Å². The normalized spacial score (nSPS) is 23.8. The number of anilines is 1. The summed E-state index contributed by atoms with van der Waals surface area (Å²) < 4.78 is 48.2. The molecule has 2 aliphatic rings. The zero-order valence-corrected chi connectivity index (χ0v) is 17.2. The molecule has 1 aliphatic heterocycles. The highest BCUT2D eigenvalue weighted by Crippen LogP contribution is 2.40. The number of halogens is 3. The number of aliphatic imine (C=N–C) groups is 1. The number of nitrogens with two attached hydrogens (primary N) is 1. The van der Waals surface area contributed by atoms with Crippen LogP contribution in [0.1, 0.15) is 31.7 Å². The van der Waals surface area contributed by atoms with Gasteiger partial charge in [0.2, 0.25) is 6.17 Å². The van der Waals surface area contributed by atoms with Gasteiger partial charge in [-0.3, -0.25) is 14.5 Å². The first kappa shape index (κ1) is 21.8. The topological polar surface area (TPSA) is 103 Å². The Bertz CT molecular complexity index is 1100. The van der Waals surface area contributed by atoms with Crippen LogP contribution in [-0.2, 0) is 9.59 Å². The van der Waals surface area contributed by atoms with Crippen molar-refractivity contribution in [3.05, 3.63) is 30.1 Å². The van der Waals surface area contributed by atoms with Gasteiger partial charge in [-0.05, 0) is 31.7 Å². The lowest BCUT2D eigenvalue weighted by Crippen LogP contribution is -2.44. The monoisotopic (exact) mass is 449 g/mol. The van der Waals surface area contributed by atoms with E-state index >= 15 is 0 Å². The highest BCUT2D eigenvalue weighted by atomic mass is 19.4. The Morgan fingerprint density at radius 1 is 1.25 bits per heavy atom. The van der Waals surface area contributed by atoms with Crippen molar-refractivity contribution in [1.29, 1.82) is 0 Å². The van der Waals surface area contributed by atoms with Crippen molar-refractivity contribution >= 4 is 35.0 Å². The van der Waals surface area contributed by atoms with Crippen molar-refractivity contribution in [2.45, 2.75) is 44.1 Å². The number of ether oxygens (including phenoxy) is 1. The number of methoxy groups -OCH3 is 1. The fraction of sp³-hybridized carbons (Fsp3) is 0.429. The minimum atomic E-state index is -4.70. The molecule has 0 saturated heterocycles. The quantitative estimate of drug-likeness (QED) is 0.707. The lowest BCUT2D eigenvalue weighted by molar-refractivity contribution is -0.145. The molecule has 32 heavy (non-hydrogen) atoms. The van der Waals surface area contributed by atoms with Crippen LogP contribution in [0.3, 0.4) is 0 Å². The number of carbonyl (C=O) groups is 2. The lowest BCUT2D eigenvalue weighted by Gasteiger charge is -2.32. The van der Waals surface area contributed by atoms with Gasteiger partial charge in [-0.25, -0.2) is 0 Å². The summed E-state index contributed by atoms with van der Waals surface area (Å²) in [6.45, 7) is 0. The molecule has 1 unspecified atom stereocenters. The Morgan fingerprint density at radius 3 is 2.56 bits per heavy atom. The zero-order valence-electron chi connectivity index (χ0n) is 17.2. The van der Waals surface area contributed by atoms with E-state index in [1.54, 1.807) is 16.9 Å². The number of benzene rings is 1. The van der Waals surface area contributed by atoms with Crippen molar-refractivity contribution in [1.82, 2.24) is 9.78 Å². The number of fused-ring (bicyclic) bond motifs is 1. The summed E-state index contributed by atoms with van der Waals surface area (Å²) in [5.41, 5.74) is 5.75. The average molecular weight is 449 g/mol. The van der Waals surface area contributed by atoms with Crippen LogP contribution in [0.25, 0.3) is 10.9 Å². The van der Waals surface area contributed by atoms with E-state index in [1.807, 2.05) is 0 Å². The van der Waals surface area contributed by atoms with Crippen LogP contribution < -0.4 is 15.4 Å². The van der Waals surface area contributed by atoms with Gasteiger partial charge < -0.3 is 20.2 Å². The smallest absolute Gasteiger partial charge is 0.429 e. The Balaban J connectivity index is 1.75. The molecule has 2 N–H and O–H groups in total. The zero-order chi connectivity index (χ0) is 23.0. The van der Waals surface area contributed by atoms with E-state index in [0.29, 0.717) is 10.9 Å². The van der Waals surface area contributed by atoms with Gasteiger partial charge in [0.25, 0.3) is 5.91 Å². The number of amides is 1. The van der Waals surface area contributed by atoms with Gasteiger partial charge in [0, 0.05) is 36.0 Å². The number of alkyl halides is 3. The second-order valence-corrected chi connectivity index (χ2v) is 7.95. The molecule has 8 nitrogen and oxygen atoms in total. The van der Waals surface area contributed by atoms with Gasteiger partial charge in [-0.1, -0.05) is 0 Å². The second kappa shape index (κ2) is 8.29. The van der Waals surface area contributed by atoms with E-state index < -0.39 is 18.2 Å². The minimum Gasteiger partial charge on any atom is -0.494 e. The lowest BCUT2D eigenvalue weighted by atomic mass is 9.87. The molecule has 1 aliphatic carbocycles. The number of hydrogen-bond acceptors (Lipinski definition) is 6. The Kier molecular flexibility index (Phi) is 5.66. The SMILES string of the molecule is COc1cc2nn(C3CCC(C=O)CC3)cc2cc1N1C=C(C(N)=O)C=NC1C(F)(F)F. The van der Waals surface area contributed by atoms with Crippen LogP contribution in [0, 0.1) is 5.92 Å². The van der Waals surface area contributed by atoms with Gasteiger partial charge >= 0.3 is 6.18 Å². The highest BCUT2D eigenvalue weighted by molar-refractivity contribution is 6.12. The molecule has 2 heterocycles. The third kappa shape index (κ3) is 4.06. The summed E-state index contributed by atoms with van der Waals surface area (Å²) >= 11 is 0. The summed E-state index contributed by atoms with van der Waals surface area (Å²) in [6.07, 6.45) is 0.835. The molecule has 11 heteroatoms. The molecule has 4 rings (SSSR count). The van der Waals surface area contributed by atoms with Gasteiger partial charge in [0.05, 0.1) is 29.9 Å². The maximum absolute atomic E-state index is 13.7. The number of hydrogen-bond donors (Lipinski definition) is 1. The average Bonchev–Trinajstić information content (AvgIpc) is 3.20. The number of primary amides is 1. The summed E-state index contributed by atoms with van der Waals surface area (Å²) in [4.78, 5) is 26.9. The van der Waals surface area contributed by atoms with E-state index in [9.17, 15) is 22.8 Å². The van der Waals surface area contributed by atoms with Gasteiger partial charge in [0.1, 0.15) is 12.0 Å². The van der Waals surface area contributed by atoms with E-state index in [4.69, 9.17) is 10.5 Å². The molecule has 0 bridgehead atoms. The Hall–Kier alpha value is -3.37. The number of carbonyl (C=O) groups excluding carboxylic acids is 2. The number of aromatic nitrogens is 2. The standard InChI is InChI=1S/C21H22F3N5O3/c1-32-18-7-16-13(10-29(27-16)15-4-2-12(11-30)3-5-15)6-17(18)28-9-14(19(25)31)8-26-20(28)21(22,23)24/h6-12,15,20H,2-5H2,1H3,(H2,25,31). The first-order chi connectivity index (χ1) is 15.2. The maximum atomic E-state index is 13.7. The third-order valence-corrected chi connectivity index (χ3v) is 5.88. The molecule has 2 aromatic rings. The van der Waals surface area contributed by atoms with Crippen molar-refractivity contribution in [2.24, 2.45) is 16.6 Å². The van der Waals surface area contributed by atoms with Crippen molar-refractivity contribution in [3.8, 4) is 5.75 Å².